The number of nitrogens with two attached hydrogens (primary N) is 1. The molecule has 0 heterocycles. The first kappa shape index (κ1) is 15.1. The van der Waals surface area contributed by atoms with Crippen molar-refractivity contribution >= 4 is 29.2 Å². The van der Waals surface area contributed by atoms with Crippen molar-refractivity contribution in [2.75, 3.05) is 26.6 Å². The molecule has 0 saturated heterocycles. The van der Waals surface area contributed by atoms with Gasteiger partial charge in [-0.1, -0.05) is 11.6 Å². The van der Waals surface area contributed by atoms with Crippen molar-refractivity contribution in [3.8, 4) is 5.75 Å². The van der Waals surface area contributed by atoms with Gasteiger partial charge in [-0.25, -0.2) is 9.59 Å². The fourth-order valence-corrected chi connectivity index (χ4v) is 1.79. The number of methoxy groups -OCH3 is 2. The minimum absolute atomic E-state index is 0.00324. The Hall–Kier alpha value is -1.95. The van der Waals surface area contributed by atoms with E-state index in [2.05, 4.69) is 4.74 Å². The van der Waals surface area contributed by atoms with Crippen molar-refractivity contribution in [2.24, 2.45) is 0 Å². The molecule has 0 aliphatic heterocycles. The summed E-state index contributed by atoms with van der Waals surface area (Å²) in [5.41, 5.74) is 5.77. The second-order valence-corrected chi connectivity index (χ2v) is 3.82. The highest BCUT2D eigenvalue weighted by molar-refractivity contribution is 6.36. The number of hydrogen-bond acceptors (Lipinski definition) is 6. The molecule has 0 atom stereocenters. The van der Waals surface area contributed by atoms with E-state index in [1.54, 1.807) is 6.92 Å². The maximum absolute atomic E-state index is 11.8. The molecule has 6 nitrogen and oxygen atoms in total. The Morgan fingerprint density at radius 2 is 1.89 bits per heavy atom. The number of halogens is 1. The zero-order valence-corrected chi connectivity index (χ0v) is 11.5. The van der Waals surface area contributed by atoms with Crippen molar-refractivity contribution in [3.63, 3.8) is 0 Å². The van der Waals surface area contributed by atoms with Crippen LogP contribution in [0.3, 0.4) is 0 Å². The quantitative estimate of drug-likeness (QED) is 0.672. The summed E-state index contributed by atoms with van der Waals surface area (Å²) >= 11 is 5.98. The average molecular weight is 288 g/mol. The van der Waals surface area contributed by atoms with Gasteiger partial charge in [-0.05, 0) is 13.0 Å². The molecule has 0 fully saturated rings. The molecule has 0 spiro atoms. The number of nitrogen functional groups attached to an aromatic ring is 1. The molecule has 0 amide bonds. The van der Waals surface area contributed by atoms with Crippen LogP contribution in [-0.4, -0.2) is 32.8 Å². The summed E-state index contributed by atoms with van der Waals surface area (Å²) in [6, 6.07) is 1.23. The van der Waals surface area contributed by atoms with E-state index in [4.69, 9.17) is 26.8 Å². The Bertz CT molecular complexity index is 515. The van der Waals surface area contributed by atoms with Gasteiger partial charge in [0.15, 0.2) is 5.75 Å². The van der Waals surface area contributed by atoms with Crippen LogP contribution in [0.1, 0.15) is 27.6 Å². The highest BCUT2D eigenvalue weighted by Crippen LogP contribution is 2.37. The highest BCUT2D eigenvalue weighted by Gasteiger charge is 2.24. The van der Waals surface area contributed by atoms with Gasteiger partial charge in [-0.15, -0.1) is 0 Å². The molecule has 1 rings (SSSR count). The van der Waals surface area contributed by atoms with Crippen LogP contribution in [-0.2, 0) is 9.47 Å². The molecule has 104 valence electrons. The number of carbonyl (C=O) groups excluding carboxylic acids is 2. The maximum atomic E-state index is 11.8. The minimum Gasteiger partial charge on any atom is -0.493 e. The third-order valence-electron chi connectivity index (χ3n) is 2.36. The van der Waals surface area contributed by atoms with E-state index in [0.29, 0.717) is 0 Å². The molecule has 0 bridgehead atoms. The van der Waals surface area contributed by atoms with Crippen molar-refractivity contribution in [1.29, 1.82) is 0 Å². The van der Waals surface area contributed by atoms with E-state index < -0.39 is 11.9 Å². The summed E-state index contributed by atoms with van der Waals surface area (Å²) in [6.07, 6.45) is 0. The monoisotopic (exact) mass is 287 g/mol. The number of rotatable bonds is 4. The minimum atomic E-state index is -0.700. The molecule has 0 aliphatic rings. The number of hydrogen-bond donors (Lipinski definition) is 1. The van der Waals surface area contributed by atoms with Crippen molar-refractivity contribution in [3.05, 3.63) is 22.2 Å². The van der Waals surface area contributed by atoms with Crippen molar-refractivity contribution < 1.29 is 23.8 Å². The van der Waals surface area contributed by atoms with Gasteiger partial charge in [-0.2, -0.15) is 0 Å². The highest BCUT2D eigenvalue weighted by atomic mass is 35.5. The molecule has 0 saturated carbocycles. The second kappa shape index (κ2) is 6.29. The van der Waals surface area contributed by atoms with Gasteiger partial charge in [0.1, 0.15) is 0 Å². The molecular formula is C12H14ClNO5. The zero-order valence-electron chi connectivity index (χ0n) is 10.8. The Morgan fingerprint density at radius 1 is 1.26 bits per heavy atom. The van der Waals surface area contributed by atoms with E-state index in [1.807, 2.05) is 0 Å². The Labute approximate surface area is 115 Å². The largest absolute Gasteiger partial charge is 0.493 e. The number of benzene rings is 1. The molecule has 2 N–H and O–H groups in total. The van der Waals surface area contributed by atoms with Crippen LogP contribution < -0.4 is 10.5 Å². The lowest BCUT2D eigenvalue weighted by Crippen LogP contribution is -2.13. The van der Waals surface area contributed by atoms with Gasteiger partial charge >= 0.3 is 11.9 Å². The van der Waals surface area contributed by atoms with E-state index in [1.165, 1.54) is 20.3 Å². The van der Waals surface area contributed by atoms with E-state index in [0.717, 1.165) is 0 Å². The lowest BCUT2D eigenvalue weighted by molar-refractivity contribution is 0.0527. The summed E-state index contributed by atoms with van der Waals surface area (Å²) in [7, 11) is 2.53. The van der Waals surface area contributed by atoms with Crippen LogP contribution >= 0.6 is 11.6 Å². The average Bonchev–Trinajstić information content (AvgIpc) is 2.39. The Kier molecular flexibility index (Phi) is 5.00. The normalized spacial score (nSPS) is 9.89. The lowest BCUT2D eigenvalue weighted by Gasteiger charge is -2.14. The summed E-state index contributed by atoms with van der Waals surface area (Å²) in [5, 5.41) is -0.0140. The number of carbonyl (C=O) groups is 2. The number of esters is 2. The number of ether oxygens (including phenoxy) is 3. The van der Waals surface area contributed by atoms with E-state index in [-0.39, 0.29) is 34.2 Å². The molecule has 0 unspecified atom stereocenters. The Balaban J connectivity index is 3.48. The molecule has 1 aromatic rings. The molecule has 7 heteroatoms. The first-order valence-electron chi connectivity index (χ1n) is 5.39. The lowest BCUT2D eigenvalue weighted by atomic mass is 10.1. The smallest absolute Gasteiger partial charge is 0.340 e. The third kappa shape index (κ3) is 2.90. The predicted molar refractivity (Wildman–Crippen MR) is 69.7 cm³/mol. The zero-order chi connectivity index (χ0) is 14.6. The summed E-state index contributed by atoms with van der Waals surface area (Å²) in [4.78, 5) is 23.3. The van der Waals surface area contributed by atoms with Gasteiger partial charge in [0.05, 0.1) is 42.7 Å². The van der Waals surface area contributed by atoms with E-state index in [9.17, 15) is 9.59 Å². The van der Waals surface area contributed by atoms with Crippen LogP contribution in [0.15, 0.2) is 6.07 Å². The van der Waals surface area contributed by atoms with Crippen molar-refractivity contribution in [1.82, 2.24) is 0 Å². The van der Waals surface area contributed by atoms with Gasteiger partial charge in [0, 0.05) is 0 Å². The first-order chi connectivity index (χ1) is 8.97. The summed E-state index contributed by atoms with van der Waals surface area (Å²) < 4.78 is 14.4. The van der Waals surface area contributed by atoms with Crippen LogP contribution in [0.5, 0.6) is 5.75 Å². The van der Waals surface area contributed by atoms with Crippen molar-refractivity contribution in [2.45, 2.75) is 6.92 Å². The molecule has 19 heavy (non-hydrogen) atoms. The van der Waals surface area contributed by atoms with E-state index >= 15 is 0 Å². The molecular weight excluding hydrogens is 274 g/mol. The number of anilines is 1. The summed E-state index contributed by atoms with van der Waals surface area (Å²) in [6.45, 7) is 1.83. The Morgan fingerprint density at radius 3 is 2.37 bits per heavy atom. The molecule has 0 aromatic heterocycles. The molecule has 1 aromatic carbocycles. The summed E-state index contributed by atoms with van der Waals surface area (Å²) in [5.74, 6) is -1.33. The van der Waals surface area contributed by atoms with Gasteiger partial charge in [0.25, 0.3) is 0 Å². The van der Waals surface area contributed by atoms with Gasteiger partial charge in [0.2, 0.25) is 0 Å². The van der Waals surface area contributed by atoms with Gasteiger partial charge < -0.3 is 19.9 Å². The van der Waals surface area contributed by atoms with Crippen LogP contribution in [0.2, 0.25) is 5.02 Å². The maximum Gasteiger partial charge on any atom is 0.340 e. The topological polar surface area (TPSA) is 87.9 Å². The molecule has 0 radical (unpaired) electrons. The fourth-order valence-electron chi connectivity index (χ4n) is 1.48. The standard InChI is InChI=1S/C12H14ClNO5/c1-4-19-12(16)7-5-6(11(15)18-3)8(13)10(17-2)9(7)14/h5H,4,14H2,1-3H3. The molecule has 0 aliphatic carbocycles. The van der Waals surface area contributed by atoms with Crippen LogP contribution in [0.4, 0.5) is 5.69 Å². The third-order valence-corrected chi connectivity index (χ3v) is 2.74. The SMILES string of the molecule is CCOC(=O)c1cc(C(=O)OC)c(Cl)c(OC)c1N. The van der Waals surface area contributed by atoms with Crippen LogP contribution in [0, 0.1) is 0 Å². The second-order valence-electron chi connectivity index (χ2n) is 3.44. The first-order valence-corrected chi connectivity index (χ1v) is 5.77. The van der Waals surface area contributed by atoms with Crippen LogP contribution in [0.25, 0.3) is 0 Å². The van der Waals surface area contributed by atoms with Gasteiger partial charge in [-0.3, -0.25) is 0 Å². The fraction of sp³-hybridized carbons (Fsp3) is 0.333. The predicted octanol–water partition coefficient (Wildman–Crippen LogP) is 1.89.